The van der Waals surface area contributed by atoms with E-state index in [1.54, 1.807) is 19.2 Å². The van der Waals surface area contributed by atoms with E-state index in [0.717, 1.165) is 0 Å². The predicted molar refractivity (Wildman–Crippen MR) is 70.9 cm³/mol. The standard InChI is InChI=1S/C14H21NO3/c1-10(2)11(3)15-14(16)9-18-13-7-5-6-12(8-13)17-4/h5-8,10-11H,9H2,1-4H3,(H,15,16)/t11-/m0/s1. The number of methoxy groups -OCH3 is 1. The zero-order chi connectivity index (χ0) is 13.5. The lowest BCUT2D eigenvalue weighted by Gasteiger charge is -2.17. The van der Waals surface area contributed by atoms with Gasteiger partial charge in [0.15, 0.2) is 6.61 Å². The summed E-state index contributed by atoms with van der Waals surface area (Å²) >= 11 is 0. The molecule has 0 saturated carbocycles. The normalized spacial score (nSPS) is 12.1. The van der Waals surface area contributed by atoms with Crippen LogP contribution in [0.1, 0.15) is 20.8 Å². The fourth-order valence-electron chi connectivity index (χ4n) is 1.30. The van der Waals surface area contributed by atoms with Gasteiger partial charge in [-0.25, -0.2) is 0 Å². The highest BCUT2D eigenvalue weighted by Crippen LogP contribution is 2.18. The minimum Gasteiger partial charge on any atom is -0.497 e. The van der Waals surface area contributed by atoms with Crippen LogP contribution < -0.4 is 14.8 Å². The van der Waals surface area contributed by atoms with Crippen LogP contribution >= 0.6 is 0 Å². The average molecular weight is 251 g/mol. The van der Waals surface area contributed by atoms with Crippen LogP contribution in [0.2, 0.25) is 0 Å². The molecule has 0 aliphatic carbocycles. The summed E-state index contributed by atoms with van der Waals surface area (Å²) in [5, 5.41) is 2.88. The topological polar surface area (TPSA) is 47.6 Å². The fraction of sp³-hybridized carbons (Fsp3) is 0.500. The van der Waals surface area contributed by atoms with Crippen molar-refractivity contribution in [3.8, 4) is 11.5 Å². The second-order valence-corrected chi connectivity index (χ2v) is 4.57. The van der Waals surface area contributed by atoms with Crippen LogP contribution in [0, 0.1) is 5.92 Å². The Bertz CT molecular complexity index is 390. The minimum atomic E-state index is -0.112. The minimum absolute atomic E-state index is 0.0181. The van der Waals surface area contributed by atoms with Crippen molar-refractivity contribution in [3.05, 3.63) is 24.3 Å². The van der Waals surface area contributed by atoms with Crippen LogP contribution in [-0.2, 0) is 4.79 Å². The van der Waals surface area contributed by atoms with E-state index in [9.17, 15) is 4.79 Å². The zero-order valence-electron chi connectivity index (χ0n) is 11.4. The molecule has 100 valence electrons. The van der Waals surface area contributed by atoms with Crippen molar-refractivity contribution < 1.29 is 14.3 Å². The number of amides is 1. The highest BCUT2D eigenvalue weighted by atomic mass is 16.5. The number of benzene rings is 1. The maximum atomic E-state index is 11.6. The maximum absolute atomic E-state index is 11.6. The third kappa shape index (κ3) is 4.65. The van der Waals surface area contributed by atoms with Crippen molar-refractivity contribution >= 4 is 5.91 Å². The molecule has 4 heteroatoms. The van der Waals surface area contributed by atoms with Crippen LogP contribution in [0.4, 0.5) is 0 Å². The summed E-state index contributed by atoms with van der Waals surface area (Å²) in [6, 6.07) is 7.34. The summed E-state index contributed by atoms with van der Waals surface area (Å²) in [7, 11) is 1.59. The van der Waals surface area contributed by atoms with Gasteiger partial charge in [-0.15, -0.1) is 0 Å². The zero-order valence-corrected chi connectivity index (χ0v) is 11.4. The van der Waals surface area contributed by atoms with Crippen molar-refractivity contribution in [2.45, 2.75) is 26.8 Å². The van der Waals surface area contributed by atoms with Gasteiger partial charge in [0.1, 0.15) is 11.5 Å². The summed E-state index contributed by atoms with van der Waals surface area (Å²) in [5.74, 6) is 1.63. The van der Waals surface area contributed by atoms with E-state index >= 15 is 0 Å². The molecular formula is C14H21NO3. The van der Waals surface area contributed by atoms with E-state index in [2.05, 4.69) is 19.2 Å². The highest BCUT2D eigenvalue weighted by Gasteiger charge is 2.11. The molecule has 0 radical (unpaired) electrons. The summed E-state index contributed by atoms with van der Waals surface area (Å²) in [5.41, 5.74) is 0. The molecule has 0 unspecified atom stereocenters. The van der Waals surface area contributed by atoms with Gasteiger partial charge in [-0.3, -0.25) is 4.79 Å². The molecule has 1 atom stereocenters. The largest absolute Gasteiger partial charge is 0.497 e. The third-order valence-electron chi connectivity index (χ3n) is 2.80. The lowest BCUT2D eigenvalue weighted by molar-refractivity contribution is -0.124. The number of hydrogen-bond donors (Lipinski definition) is 1. The van der Waals surface area contributed by atoms with Crippen molar-refractivity contribution in [1.82, 2.24) is 5.32 Å². The van der Waals surface area contributed by atoms with Gasteiger partial charge in [0.05, 0.1) is 7.11 Å². The van der Waals surface area contributed by atoms with Crippen LogP contribution in [0.5, 0.6) is 11.5 Å². The first-order chi connectivity index (χ1) is 8.52. The first-order valence-corrected chi connectivity index (χ1v) is 6.09. The number of nitrogens with one attached hydrogen (secondary N) is 1. The van der Waals surface area contributed by atoms with Crippen molar-refractivity contribution in [2.24, 2.45) is 5.92 Å². The number of hydrogen-bond acceptors (Lipinski definition) is 3. The maximum Gasteiger partial charge on any atom is 0.258 e. The quantitative estimate of drug-likeness (QED) is 0.843. The van der Waals surface area contributed by atoms with Crippen molar-refractivity contribution in [1.29, 1.82) is 0 Å². The van der Waals surface area contributed by atoms with Gasteiger partial charge in [-0.1, -0.05) is 19.9 Å². The molecule has 0 fully saturated rings. The Hall–Kier alpha value is -1.71. The Balaban J connectivity index is 2.42. The molecule has 4 nitrogen and oxygen atoms in total. The lowest BCUT2D eigenvalue weighted by atomic mass is 10.1. The molecule has 0 saturated heterocycles. The Morgan fingerprint density at radius 3 is 2.56 bits per heavy atom. The van der Waals surface area contributed by atoms with E-state index in [-0.39, 0.29) is 18.6 Å². The van der Waals surface area contributed by atoms with E-state index in [1.165, 1.54) is 0 Å². The van der Waals surface area contributed by atoms with Crippen LogP contribution in [-0.4, -0.2) is 25.7 Å². The summed E-state index contributed by atoms with van der Waals surface area (Å²) in [6.45, 7) is 6.13. The molecule has 1 N–H and O–H groups in total. The SMILES string of the molecule is COc1cccc(OCC(=O)N[C@@H](C)C(C)C)c1. The van der Waals surface area contributed by atoms with Crippen LogP contribution in [0.3, 0.4) is 0 Å². The van der Waals surface area contributed by atoms with E-state index in [1.807, 2.05) is 19.1 Å². The summed E-state index contributed by atoms with van der Waals surface area (Å²) in [6.07, 6.45) is 0. The number of carbonyl (C=O) groups excluding carboxylic acids is 1. The third-order valence-corrected chi connectivity index (χ3v) is 2.80. The Kier molecular flexibility index (Phi) is 5.49. The molecule has 0 spiro atoms. The van der Waals surface area contributed by atoms with E-state index < -0.39 is 0 Å². The van der Waals surface area contributed by atoms with Crippen LogP contribution in [0.15, 0.2) is 24.3 Å². The predicted octanol–water partition coefficient (Wildman–Crippen LogP) is 2.23. The monoisotopic (exact) mass is 251 g/mol. The molecule has 0 bridgehead atoms. The molecule has 1 rings (SSSR count). The van der Waals surface area contributed by atoms with E-state index in [0.29, 0.717) is 17.4 Å². The van der Waals surface area contributed by atoms with Gasteiger partial charge in [-0.05, 0) is 25.0 Å². The van der Waals surface area contributed by atoms with Gasteiger partial charge in [-0.2, -0.15) is 0 Å². The smallest absolute Gasteiger partial charge is 0.258 e. The molecule has 1 amide bonds. The number of carbonyl (C=O) groups is 1. The van der Waals surface area contributed by atoms with E-state index in [4.69, 9.17) is 9.47 Å². The van der Waals surface area contributed by atoms with Crippen LogP contribution in [0.25, 0.3) is 0 Å². The molecule has 0 aliphatic rings. The Morgan fingerprint density at radius 1 is 1.28 bits per heavy atom. The molecule has 0 heterocycles. The van der Waals surface area contributed by atoms with Gasteiger partial charge in [0, 0.05) is 12.1 Å². The van der Waals surface area contributed by atoms with Gasteiger partial charge < -0.3 is 14.8 Å². The summed E-state index contributed by atoms with van der Waals surface area (Å²) < 4.78 is 10.5. The van der Waals surface area contributed by atoms with Crippen molar-refractivity contribution in [3.63, 3.8) is 0 Å². The summed E-state index contributed by atoms with van der Waals surface area (Å²) in [4.78, 5) is 11.6. The van der Waals surface area contributed by atoms with Crippen molar-refractivity contribution in [2.75, 3.05) is 13.7 Å². The molecule has 1 aromatic rings. The number of ether oxygens (including phenoxy) is 2. The van der Waals surface area contributed by atoms with Gasteiger partial charge in [0.25, 0.3) is 5.91 Å². The molecule has 0 aliphatic heterocycles. The first kappa shape index (κ1) is 14.4. The average Bonchev–Trinajstić information content (AvgIpc) is 2.36. The fourth-order valence-corrected chi connectivity index (χ4v) is 1.30. The number of rotatable bonds is 6. The highest BCUT2D eigenvalue weighted by molar-refractivity contribution is 5.77. The molecule has 0 aromatic heterocycles. The second kappa shape index (κ2) is 6.89. The first-order valence-electron chi connectivity index (χ1n) is 6.09. The molecular weight excluding hydrogens is 230 g/mol. The van der Waals surface area contributed by atoms with Gasteiger partial charge >= 0.3 is 0 Å². The molecule has 1 aromatic carbocycles. The van der Waals surface area contributed by atoms with Gasteiger partial charge in [0.2, 0.25) is 0 Å². The lowest BCUT2D eigenvalue weighted by Crippen LogP contribution is -2.38. The second-order valence-electron chi connectivity index (χ2n) is 4.57. The Morgan fingerprint density at radius 2 is 1.94 bits per heavy atom. The Labute approximate surface area is 108 Å². The molecule has 18 heavy (non-hydrogen) atoms.